The number of halogens is 1. The largest absolute Gasteiger partial charge is 0.337 e. The van der Waals surface area contributed by atoms with Gasteiger partial charge in [-0.2, -0.15) is 0 Å². The van der Waals surface area contributed by atoms with Crippen LogP contribution in [0.4, 0.5) is 5.82 Å². The van der Waals surface area contributed by atoms with Gasteiger partial charge in [0.15, 0.2) is 5.82 Å². The van der Waals surface area contributed by atoms with Gasteiger partial charge in [-0.05, 0) is 36.8 Å². The Hall–Kier alpha value is -3.23. The van der Waals surface area contributed by atoms with Crippen LogP contribution in [0.3, 0.4) is 0 Å². The van der Waals surface area contributed by atoms with E-state index < -0.39 is 0 Å². The van der Waals surface area contributed by atoms with Crippen LogP contribution >= 0.6 is 11.6 Å². The fraction of sp³-hybridized carbons (Fsp3) is 0.273. The van der Waals surface area contributed by atoms with E-state index in [0.717, 1.165) is 13.0 Å². The SMILES string of the molecule is O=C1N=Nc2nc(CN3CCCN(C(=O)c4cccc(Cl)c4)CC3)nc3cccc1c23. The van der Waals surface area contributed by atoms with Crippen LogP contribution in [0, 0.1) is 0 Å². The van der Waals surface area contributed by atoms with Crippen LogP contribution in [0.1, 0.15) is 33.0 Å². The Morgan fingerprint density at radius 3 is 2.74 bits per heavy atom. The molecular weight excluding hydrogens is 416 g/mol. The Morgan fingerprint density at radius 1 is 1.00 bits per heavy atom. The van der Waals surface area contributed by atoms with Gasteiger partial charge in [0.25, 0.3) is 11.8 Å². The summed E-state index contributed by atoms with van der Waals surface area (Å²) in [6.45, 7) is 3.38. The van der Waals surface area contributed by atoms with E-state index in [9.17, 15) is 9.59 Å². The average Bonchev–Trinajstić information content (AvgIpc) is 3.01. The van der Waals surface area contributed by atoms with Crippen LogP contribution in [-0.4, -0.2) is 57.8 Å². The molecule has 2 aliphatic rings. The Bertz CT molecular complexity index is 1230. The number of amides is 2. The molecule has 1 fully saturated rings. The lowest BCUT2D eigenvalue weighted by molar-refractivity contribution is 0.0760. The van der Waals surface area contributed by atoms with E-state index in [4.69, 9.17) is 11.6 Å². The molecule has 9 heteroatoms. The van der Waals surface area contributed by atoms with Gasteiger partial charge in [-0.1, -0.05) is 23.7 Å². The van der Waals surface area contributed by atoms with Crippen molar-refractivity contribution in [3.8, 4) is 0 Å². The van der Waals surface area contributed by atoms with E-state index in [1.54, 1.807) is 36.4 Å². The summed E-state index contributed by atoms with van der Waals surface area (Å²) in [6.07, 6.45) is 0.852. The quantitative estimate of drug-likeness (QED) is 0.624. The zero-order valence-corrected chi connectivity index (χ0v) is 17.4. The molecule has 3 heterocycles. The Labute approximate surface area is 183 Å². The van der Waals surface area contributed by atoms with Gasteiger partial charge in [0.2, 0.25) is 0 Å². The van der Waals surface area contributed by atoms with Gasteiger partial charge < -0.3 is 4.90 Å². The number of nitrogens with zero attached hydrogens (tertiary/aromatic N) is 6. The van der Waals surface area contributed by atoms with Crippen LogP contribution in [0.25, 0.3) is 10.9 Å². The van der Waals surface area contributed by atoms with Crippen LogP contribution in [-0.2, 0) is 6.54 Å². The number of hydrogen-bond donors (Lipinski definition) is 0. The molecule has 5 rings (SSSR count). The second-order valence-electron chi connectivity index (χ2n) is 7.60. The minimum Gasteiger partial charge on any atom is -0.337 e. The highest BCUT2D eigenvalue weighted by molar-refractivity contribution is 6.31. The molecule has 156 valence electrons. The molecule has 0 spiro atoms. The Balaban J connectivity index is 1.32. The Morgan fingerprint density at radius 2 is 1.87 bits per heavy atom. The molecule has 2 aromatic carbocycles. The molecule has 8 nitrogen and oxygen atoms in total. The van der Waals surface area contributed by atoms with Crippen molar-refractivity contribution in [3.05, 3.63) is 64.4 Å². The number of rotatable bonds is 3. The highest BCUT2D eigenvalue weighted by atomic mass is 35.5. The second kappa shape index (κ2) is 8.13. The van der Waals surface area contributed by atoms with Gasteiger partial charge in [-0.15, -0.1) is 10.2 Å². The van der Waals surface area contributed by atoms with E-state index in [2.05, 4.69) is 25.1 Å². The van der Waals surface area contributed by atoms with Crippen molar-refractivity contribution < 1.29 is 9.59 Å². The molecule has 31 heavy (non-hydrogen) atoms. The summed E-state index contributed by atoms with van der Waals surface area (Å²) < 4.78 is 0. The molecule has 0 N–H and O–H groups in total. The standard InChI is InChI=1S/C22H19ClN6O2/c23-15-5-1-4-14(12-15)22(31)29-9-3-8-28(10-11-29)13-18-24-17-7-2-6-16-19(17)20(25-18)26-27-21(16)30/h1-2,4-7,12H,3,8-11,13H2. The zero-order chi connectivity index (χ0) is 21.4. The lowest BCUT2D eigenvalue weighted by Crippen LogP contribution is -2.35. The predicted octanol–water partition coefficient (Wildman–Crippen LogP) is 3.87. The summed E-state index contributed by atoms with van der Waals surface area (Å²) in [5.41, 5.74) is 1.78. The molecule has 0 aliphatic carbocycles. The van der Waals surface area contributed by atoms with Crippen LogP contribution < -0.4 is 0 Å². The third-order valence-corrected chi connectivity index (χ3v) is 5.76. The van der Waals surface area contributed by atoms with E-state index in [0.29, 0.717) is 64.9 Å². The summed E-state index contributed by atoms with van der Waals surface area (Å²) in [7, 11) is 0. The minimum atomic E-state index is -0.369. The monoisotopic (exact) mass is 434 g/mol. The highest BCUT2D eigenvalue weighted by Crippen LogP contribution is 2.31. The molecule has 0 radical (unpaired) electrons. The summed E-state index contributed by atoms with van der Waals surface area (Å²) in [5.74, 6) is 0.685. The summed E-state index contributed by atoms with van der Waals surface area (Å²) in [4.78, 5) is 38.1. The second-order valence-corrected chi connectivity index (χ2v) is 8.04. The highest BCUT2D eigenvalue weighted by Gasteiger charge is 2.23. The molecular formula is C22H19ClN6O2. The van der Waals surface area contributed by atoms with Gasteiger partial charge in [-0.3, -0.25) is 14.5 Å². The number of benzene rings is 2. The smallest absolute Gasteiger partial charge is 0.296 e. The van der Waals surface area contributed by atoms with Crippen LogP contribution in [0.2, 0.25) is 5.02 Å². The molecule has 2 aliphatic heterocycles. The first-order valence-electron chi connectivity index (χ1n) is 10.1. The predicted molar refractivity (Wildman–Crippen MR) is 116 cm³/mol. The fourth-order valence-electron chi connectivity index (χ4n) is 4.01. The maximum absolute atomic E-state index is 12.8. The first-order chi connectivity index (χ1) is 15.1. The summed E-state index contributed by atoms with van der Waals surface area (Å²) in [5, 5.41) is 8.89. The molecule has 2 amide bonds. The molecule has 3 aromatic rings. The topological polar surface area (TPSA) is 91.1 Å². The maximum Gasteiger partial charge on any atom is 0.296 e. The molecule has 0 saturated carbocycles. The summed E-state index contributed by atoms with van der Waals surface area (Å²) in [6, 6.07) is 12.4. The zero-order valence-electron chi connectivity index (χ0n) is 16.7. The first-order valence-corrected chi connectivity index (χ1v) is 10.5. The molecule has 1 aromatic heterocycles. The first kappa shape index (κ1) is 19.7. The van der Waals surface area contributed by atoms with Crippen molar-refractivity contribution in [1.82, 2.24) is 19.8 Å². The van der Waals surface area contributed by atoms with Gasteiger partial charge in [0.1, 0.15) is 5.82 Å². The number of aromatic nitrogens is 2. The minimum absolute atomic E-state index is 0.00617. The van der Waals surface area contributed by atoms with Gasteiger partial charge in [0.05, 0.1) is 23.0 Å². The van der Waals surface area contributed by atoms with Gasteiger partial charge in [-0.25, -0.2) is 9.97 Å². The van der Waals surface area contributed by atoms with E-state index in [1.807, 2.05) is 11.0 Å². The lowest BCUT2D eigenvalue weighted by atomic mass is 10.1. The van der Waals surface area contributed by atoms with Crippen LogP contribution in [0.15, 0.2) is 52.7 Å². The third kappa shape index (κ3) is 3.92. The number of hydrogen-bond acceptors (Lipinski definition) is 6. The van der Waals surface area contributed by atoms with Crippen LogP contribution in [0.5, 0.6) is 0 Å². The average molecular weight is 435 g/mol. The Kier molecular flexibility index (Phi) is 5.17. The molecule has 0 unspecified atom stereocenters. The van der Waals surface area contributed by atoms with Crippen molar-refractivity contribution in [2.24, 2.45) is 10.2 Å². The number of carbonyl (C=O) groups excluding carboxylic acids is 2. The van der Waals surface area contributed by atoms with E-state index in [1.165, 1.54) is 0 Å². The van der Waals surface area contributed by atoms with Crippen molar-refractivity contribution in [1.29, 1.82) is 0 Å². The summed E-state index contributed by atoms with van der Waals surface area (Å²) >= 11 is 6.04. The van der Waals surface area contributed by atoms with Gasteiger partial charge >= 0.3 is 0 Å². The van der Waals surface area contributed by atoms with Crippen molar-refractivity contribution >= 4 is 40.1 Å². The fourth-order valence-corrected chi connectivity index (χ4v) is 4.20. The van der Waals surface area contributed by atoms with Crippen molar-refractivity contribution in [2.75, 3.05) is 26.2 Å². The third-order valence-electron chi connectivity index (χ3n) is 5.53. The molecule has 0 bridgehead atoms. The van der Waals surface area contributed by atoms with E-state index >= 15 is 0 Å². The lowest BCUT2D eigenvalue weighted by Gasteiger charge is -2.22. The maximum atomic E-state index is 12.8. The molecule has 0 atom stereocenters. The number of azo groups is 1. The van der Waals surface area contributed by atoms with E-state index in [-0.39, 0.29) is 11.8 Å². The van der Waals surface area contributed by atoms with Crippen molar-refractivity contribution in [3.63, 3.8) is 0 Å². The normalized spacial score (nSPS) is 16.5. The van der Waals surface area contributed by atoms with Gasteiger partial charge in [0, 0.05) is 36.8 Å². The molecule has 1 saturated heterocycles. The van der Waals surface area contributed by atoms with Crippen molar-refractivity contribution in [2.45, 2.75) is 13.0 Å². The number of carbonyl (C=O) groups is 2.